The van der Waals surface area contributed by atoms with Gasteiger partial charge < -0.3 is 10.4 Å². The standard InChI is InChI=1S/C19H26N2O2/c22-17-9-11-21(12-10-17)14-16-7-3-4-8-18(16)20-19(23)13-15-5-1-2-6-15/h1,3-5,7-8,15,17,22H,2,6,9-14H2,(H,20,23). The molecule has 1 amide bonds. The van der Waals surface area contributed by atoms with E-state index in [1.54, 1.807) is 0 Å². The van der Waals surface area contributed by atoms with Gasteiger partial charge in [0.25, 0.3) is 0 Å². The van der Waals surface area contributed by atoms with E-state index in [0.29, 0.717) is 12.3 Å². The lowest BCUT2D eigenvalue weighted by Crippen LogP contribution is -2.35. The summed E-state index contributed by atoms with van der Waals surface area (Å²) in [6, 6.07) is 8.05. The second-order valence-electron chi connectivity index (χ2n) is 6.68. The van der Waals surface area contributed by atoms with E-state index < -0.39 is 0 Å². The molecule has 1 aliphatic heterocycles. The third-order valence-electron chi connectivity index (χ3n) is 4.80. The number of likely N-dealkylation sites (tertiary alicyclic amines) is 1. The highest BCUT2D eigenvalue weighted by atomic mass is 16.3. The van der Waals surface area contributed by atoms with Gasteiger partial charge in [-0.25, -0.2) is 0 Å². The molecule has 4 heteroatoms. The Labute approximate surface area is 138 Å². The van der Waals surface area contributed by atoms with Crippen LogP contribution in [0.1, 0.15) is 37.7 Å². The number of carbonyl (C=O) groups is 1. The van der Waals surface area contributed by atoms with Crippen molar-refractivity contribution in [3.8, 4) is 0 Å². The second-order valence-corrected chi connectivity index (χ2v) is 6.68. The van der Waals surface area contributed by atoms with Gasteiger partial charge in [0, 0.05) is 31.7 Å². The number of carbonyl (C=O) groups excluding carboxylic acids is 1. The third kappa shape index (κ3) is 4.66. The van der Waals surface area contributed by atoms with E-state index in [-0.39, 0.29) is 12.0 Å². The Morgan fingerprint density at radius 2 is 2.00 bits per heavy atom. The van der Waals surface area contributed by atoms with Crippen LogP contribution in [0.3, 0.4) is 0 Å². The SMILES string of the molecule is O=C(CC1C=CCC1)Nc1ccccc1CN1CCC(O)CC1. The Balaban J connectivity index is 1.58. The van der Waals surface area contributed by atoms with Crippen molar-refractivity contribution in [1.82, 2.24) is 4.90 Å². The predicted octanol–water partition coefficient (Wildman–Crippen LogP) is 2.94. The number of nitrogens with one attached hydrogen (secondary N) is 1. The van der Waals surface area contributed by atoms with Crippen molar-refractivity contribution in [2.24, 2.45) is 5.92 Å². The number of anilines is 1. The van der Waals surface area contributed by atoms with Crippen LogP contribution in [-0.2, 0) is 11.3 Å². The van der Waals surface area contributed by atoms with Crippen LogP contribution in [0.4, 0.5) is 5.69 Å². The summed E-state index contributed by atoms with van der Waals surface area (Å²) in [6.07, 6.45) is 8.59. The number of aliphatic hydroxyl groups excluding tert-OH is 1. The van der Waals surface area contributed by atoms with Crippen molar-refractivity contribution < 1.29 is 9.90 Å². The molecule has 0 saturated carbocycles. The molecule has 1 aromatic carbocycles. The maximum atomic E-state index is 12.3. The zero-order valence-electron chi connectivity index (χ0n) is 13.6. The number of para-hydroxylation sites is 1. The lowest BCUT2D eigenvalue weighted by Gasteiger charge is -2.30. The number of allylic oxidation sites excluding steroid dienone is 2. The molecule has 1 heterocycles. The van der Waals surface area contributed by atoms with E-state index in [4.69, 9.17) is 0 Å². The van der Waals surface area contributed by atoms with Gasteiger partial charge in [-0.1, -0.05) is 30.4 Å². The lowest BCUT2D eigenvalue weighted by atomic mass is 10.0. The summed E-state index contributed by atoms with van der Waals surface area (Å²) in [7, 11) is 0. The number of hydrogen-bond acceptors (Lipinski definition) is 3. The van der Waals surface area contributed by atoms with E-state index >= 15 is 0 Å². The maximum absolute atomic E-state index is 12.3. The van der Waals surface area contributed by atoms with E-state index in [0.717, 1.165) is 56.6 Å². The molecule has 1 aliphatic carbocycles. The predicted molar refractivity (Wildman–Crippen MR) is 92.1 cm³/mol. The first-order valence-corrected chi connectivity index (χ1v) is 8.65. The molecule has 0 spiro atoms. The minimum Gasteiger partial charge on any atom is -0.393 e. The van der Waals surface area contributed by atoms with Crippen LogP contribution < -0.4 is 5.32 Å². The molecule has 1 aromatic rings. The molecule has 0 bridgehead atoms. The first-order chi connectivity index (χ1) is 11.2. The summed E-state index contributed by atoms with van der Waals surface area (Å²) in [5.41, 5.74) is 2.07. The second kappa shape index (κ2) is 7.75. The molecule has 1 atom stereocenters. The molecule has 4 nitrogen and oxygen atoms in total. The van der Waals surface area contributed by atoms with Gasteiger partial charge in [-0.05, 0) is 43.2 Å². The largest absolute Gasteiger partial charge is 0.393 e. The van der Waals surface area contributed by atoms with Gasteiger partial charge in [-0.15, -0.1) is 0 Å². The summed E-state index contributed by atoms with van der Waals surface area (Å²) >= 11 is 0. The van der Waals surface area contributed by atoms with Crippen molar-refractivity contribution in [2.75, 3.05) is 18.4 Å². The van der Waals surface area contributed by atoms with Crippen LogP contribution in [0.2, 0.25) is 0 Å². The maximum Gasteiger partial charge on any atom is 0.224 e. The number of amides is 1. The Hall–Kier alpha value is -1.65. The summed E-state index contributed by atoms with van der Waals surface area (Å²) in [5, 5.41) is 12.7. The monoisotopic (exact) mass is 314 g/mol. The Morgan fingerprint density at radius 1 is 1.22 bits per heavy atom. The van der Waals surface area contributed by atoms with Gasteiger partial charge in [0.1, 0.15) is 0 Å². The quantitative estimate of drug-likeness (QED) is 0.822. The molecule has 0 aromatic heterocycles. The summed E-state index contributed by atoms with van der Waals surface area (Å²) in [6.45, 7) is 2.65. The molecular formula is C19H26N2O2. The van der Waals surface area contributed by atoms with Crippen molar-refractivity contribution in [3.05, 3.63) is 42.0 Å². The normalized spacial score (nSPS) is 22.4. The highest BCUT2D eigenvalue weighted by molar-refractivity contribution is 5.91. The molecule has 3 rings (SSSR count). The van der Waals surface area contributed by atoms with E-state index in [9.17, 15) is 9.90 Å². The van der Waals surface area contributed by atoms with Gasteiger partial charge in [-0.3, -0.25) is 9.69 Å². The minimum atomic E-state index is -0.152. The number of piperidine rings is 1. The highest BCUT2D eigenvalue weighted by Gasteiger charge is 2.19. The molecule has 1 unspecified atom stereocenters. The lowest BCUT2D eigenvalue weighted by molar-refractivity contribution is -0.116. The van der Waals surface area contributed by atoms with Gasteiger partial charge >= 0.3 is 0 Å². The summed E-state index contributed by atoms with van der Waals surface area (Å²) < 4.78 is 0. The van der Waals surface area contributed by atoms with Gasteiger partial charge in [-0.2, -0.15) is 0 Å². The van der Waals surface area contributed by atoms with E-state index in [1.807, 2.05) is 18.2 Å². The number of hydrogen-bond donors (Lipinski definition) is 2. The summed E-state index contributed by atoms with van der Waals surface area (Å²) in [4.78, 5) is 14.6. The van der Waals surface area contributed by atoms with Crippen LogP contribution in [0.15, 0.2) is 36.4 Å². The fourth-order valence-electron chi connectivity index (χ4n) is 3.40. The zero-order chi connectivity index (χ0) is 16.1. The number of rotatable bonds is 5. The van der Waals surface area contributed by atoms with Crippen molar-refractivity contribution in [3.63, 3.8) is 0 Å². The first-order valence-electron chi connectivity index (χ1n) is 8.65. The number of nitrogens with zero attached hydrogens (tertiary/aromatic N) is 1. The molecule has 2 aliphatic rings. The molecule has 1 saturated heterocycles. The zero-order valence-corrected chi connectivity index (χ0v) is 13.6. The van der Waals surface area contributed by atoms with Crippen LogP contribution in [0.25, 0.3) is 0 Å². The molecular weight excluding hydrogens is 288 g/mol. The van der Waals surface area contributed by atoms with Crippen molar-refractivity contribution in [2.45, 2.75) is 44.8 Å². The average Bonchev–Trinajstić information content (AvgIpc) is 3.04. The van der Waals surface area contributed by atoms with Gasteiger partial charge in [0.15, 0.2) is 0 Å². The number of benzene rings is 1. The highest BCUT2D eigenvalue weighted by Crippen LogP contribution is 2.23. The summed E-state index contributed by atoms with van der Waals surface area (Å²) in [5.74, 6) is 0.494. The van der Waals surface area contributed by atoms with Crippen LogP contribution in [-0.4, -0.2) is 35.1 Å². The van der Waals surface area contributed by atoms with Crippen molar-refractivity contribution in [1.29, 1.82) is 0 Å². The minimum absolute atomic E-state index is 0.100. The van der Waals surface area contributed by atoms with Crippen LogP contribution in [0, 0.1) is 5.92 Å². The Kier molecular flexibility index (Phi) is 5.47. The molecule has 1 fully saturated rings. The number of aliphatic hydroxyl groups is 1. The van der Waals surface area contributed by atoms with E-state index in [2.05, 4.69) is 28.4 Å². The Bertz CT molecular complexity index is 562. The molecule has 124 valence electrons. The fourth-order valence-corrected chi connectivity index (χ4v) is 3.40. The topological polar surface area (TPSA) is 52.6 Å². The fraction of sp³-hybridized carbons (Fsp3) is 0.526. The average molecular weight is 314 g/mol. The van der Waals surface area contributed by atoms with Crippen molar-refractivity contribution >= 4 is 11.6 Å². The van der Waals surface area contributed by atoms with Crippen LogP contribution >= 0.6 is 0 Å². The Morgan fingerprint density at radius 3 is 2.74 bits per heavy atom. The molecule has 0 radical (unpaired) electrons. The van der Waals surface area contributed by atoms with Gasteiger partial charge in [0.2, 0.25) is 5.91 Å². The van der Waals surface area contributed by atoms with Gasteiger partial charge in [0.05, 0.1) is 6.10 Å². The van der Waals surface area contributed by atoms with E-state index in [1.165, 1.54) is 0 Å². The third-order valence-corrected chi connectivity index (χ3v) is 4.80. The smallest absolute Gasteiger partial charge is 0.224 e. The first kappa shape index (κ1) is 16.2. The van der Waals surface area contributed by atoms with Crippen LogP contribution in [0.5, 0.6) is 0 Å². The molecule has 2 N–H and O–H groups in total. The molecule has 23 heavy (non-hydrogen) atoms.